The highest BCUT2D eigenvalue weighted by Crippen LogP contribution is 2.26. The van der Waals surface area contributed by atoms with Crippen LogP contribution in [-0.4, -0.2) is 11.1 Å². The van der Waals surface area contributed by atoms with Crippen molar-refractivity contribution >= 4 is 18.6 Å². The van der Waals surface area contributed by atoms with E-state index in [0.717, 1.165) is 24.2 Å². The van der Waals surface area contributed by atoms with Crippen molar-refractivity contribution in [3.05, 3.63) is 28.8 Å². The highest BCUT2D eigenvalue weighted by atomic mass is 32.1. The number of hydrogen-bond donors (Lipinski definition) is 1. The molecule has 1 N–H and O–H groups in total. The standard InChI is InChI=1S/C10H10O2S/c11-10(12)7-4-6-2-1-3-8(6)9(13)5-7/h4-5,13H,1-3H2,(H,11,12)/p+1. The quantitative estimate of drug-likeness (QED) is 0.685. The predicted octanol–water partition coefficient (Wildman–Crippen LogP) is 1.24. The summed E-state index contributed by atoms with van der Waals surface area (Å²) in [7, 11) is 0. The van der Waals surface area contributed by atoms with Gasteiger partial charge in [0.25, 0.3) is 0 Å². The summed E-state index contributed by atoms with van der Waals surface area (Å²) < 4.78 is 0. The Labute approximate surface area is 82.0 Å². The highest BCUT2D eigenvalue weighted by Gasteiger charge is 2.19. The van der Waals surface area contributed by atoms with Crippen molar-refractivity contribution in [3.63, 3.8) is 0 Å². The zero-order valence-electron chi connectivity index (χ0n) is 7.13. The van der Waals surface area contributed by atoms with E-state index >= 15 is 0 Å². The Morgan fingerprint density at radius 2 is 2.15 bits per heavy atom. The van der Waals surface area contributed by atoms with Crippen molar-refractivity contribution in [1.82, 2.24) is 0 Å². The molecular formula is C10H11O2S+. The maximum Gasteiger partial charge on any atom is 0.335 e. The van der Waals surface area contributed by atoms with E-state index in [1.54, 1.807) is 12.1 Å². The zero-order chi connectivity index (χ0) is 9.42. The molecule has 0 saturated carbocycles. The summed E-state index contributed by atoms with van der Waals surface area (Å²) in [4.78, 5) is 11.7. The molecular weight excluding hydrogens is 184 g/mol. The normalized spacial score (nSPS) is 14.2. The number of benzene rings is 1. The molecule has 3 heteroatoms. The Bertz CT molecular complexity index is 371. The van der Waals surface area contributed by atoms with Crippen molar-refractivity contribution in [3.8, 4) is 0 Å². The summed E-state index contributed by atoms with van der Waals surface area (Å²) in [5.74, 6) is -0.853. The Morgan fingerprint density at radius 1 is 1.38 bits per heavy atom. The average molecular weight is 195 g/mol. The zero-order valence-corrected chi connectivity index (χ0v) is 8.13. The molecule has 1 aliphatic carbocycles. The van der Waals surface area contributed by atoms with Crippen LogP contribution in [0.4, 0.5) is 0 Å². The molecule has 1 aromatic carbocycles. The van der Waals surface area contributed by atoms with E-state index in [1.807, 2.05) is 0 Å². The summed E-state index contributed by atoms with van der Waals surface area (Å²) in [5, 5.41) is 8.82. The third kappa shape index (κ3) is 1.44. The van der Waals surface area contributed by atoms with Gasteiger partial charge in [0.15, 0.2) is 4.90 Å². The molecule has 68 valence electrons. The van der Waals surface area contributed by atoms with Gasteiger partial charge in [0, 0.05) is 11.6 Å². The van der Waals surface area contributed by atoms with Gasteiger partial charge in [0.2, 0.25) is 0 Å². The minimum Gasteiger partial charge on any atom is -0.478 e. The molecule has 0 atom stereocenters. The molecule has 0 heterocycles. The van der Waals surface area contributed by atoms with Crippen LogP contribution < -0.4 is 0 Å². The molecule has 2 nitrogen and oxygen atoms in total. The van der Waals surface area contributed by atoms with Gasteiger partial charge in [0.05, 0.1) is 5.56 Å². The average Bonchev–Trinajstić information content (AvgIpc) is 2.51. The minimum atomic E-state index is -0.853. The second-order valence-electron chi connectivity index (χ2n) is 3.32. The topological polar surface area (TPSA) is 37.3 Å². The summed E-state index contributed by atoms with van der Waals surface area (Å²) in [6.07, 6.45) is 3.21. The molecule has 0 aromatic heterocycles. The summed E-state index contributed by atoms with van der Waals surface area (Å²) in [6.45, 7) is 0. The van der Waals surface area contributed by atoms with Gasteiger partial charge in [-0.2, -0.15) is 0 Å². The van der Waals surface area contributed by atoms with Crippen LogP contribution in [0.15, 0.2) is 17.0 Å². The lowest BCUT2D eigenvalue weighted by atomic mass is 10.1. The van der Waals surface area contributed by atoms with Gasteiger partial charge in [-0.05, 0) is 43.5 Å². The second-order valence-corrected chi connectivity index (χ2v) is 3.86. The molecule has 0 saturated heterocycles. The minimum absolute atomic E-state index is 0.380. The van der Waals surface area contributed by atoms with Crippen LogP contribution >= 0.6 is 0 Å². The number of carboxylic acids is 1. The molecule has 0 radical (unpaired) electrons. The predicted molar refractivity (Wildman–Crippen MR) is 53.8 cm³/mol. The highest BCUT2D eigenvalue weighted by molar-refractivity contribution is 7.58. The van der Waals surface area contributed by atoms with Gasteiger partial charge >= 0.3 is 5.97 Å². The third-order valence-corrected chi connectivity index (χ3v) is 2.91. The SMILES string of the molecule is O=C(O)c1cc([SH2+])c2c(c1)CCC2. The van der Waals surface area contributed by atoms with Crippen molar-refractivity contribution in [2.24, 2.45) is 0 Å². The number of aromatic carboxylic acids is 1. The van der Waals surface area contributed by atoms with Crippen LogP contribution in [0.3, 0.4) is 0 Å². The molecule has 2 rings (SSSR count). The molecule has 0 amide bonds. The van der Waals surface area contributed by atoms with E-state index in [9.17, 15) is 4.79 Å². The van der Waals surface area contributed by atoms with Crippen molar-refractivity contribution in [1.29, 1.82) is 0 Å². The molecule has 1 aromatic rings. The van der Waals surface area contributed by atoms with E-state index in [4.69, 9.17) is 5.11 Å². The number of carboxylic acid groups (broad SMARTS) is 1. The fourth-order valence-electron chi connectivity index (χ4n) is 1.83. The third-order valence-electron chi connectivity index (χ3n) is 2.46. The Morgan fingerprint density at radius 3 is 2.85 bits per heavy atom. The van der Waals surface area contributed by atoms with Crippen LogP contribution in [0.25, 0.3) is 0 Å². The van der Waals surface area contributed by atoms with E-state index in [1.165, 1.54) is 11.1 Å². The Kier molecular flexibility index (Phi) is 2.04. The van der Waals surface area contributed by atoms with Gasteiger partial charge < -0.3 is 5.11 Å². The first-order valence-corrected chi connectivity index (χ1v) is 4.79. The molecule has 0 unspecified atom stereocenters. The first-order chi connectivity index (χ1) is 6.18. The van der Waals surface area contributed by atoms with Crippen molar-refractivity contribution in [2.45, 2.75) is 24.2 Å². The number of aryl methyl sites for hydroxylation is 1. The molecule has 0 bridgehead atoms. The lowest BCUT2D eigenvalue weighted by molar-refractivity contribution is 0.0696. The van der Waals surface area contributed by atoms with E-state index in [2.05, 4.69) is 12.6 Å². The summed E-state index contributed by atoms with van der Waals surface area (Å²) in [5.41, 5.74) is 2.84. The summed E-state index contributed by atoms with van der Waals surface area (Å²) >= 11 is 3.46. The first-order valence-electron chi connectivity index (χ1n) is 4.29. The number of carbonyl (C=O) groups is 1. The Balaban J connectivity index is 2.55. The first kappa shape index (κ1) is 8.63. The molecule has 1 aliphatic rings. The Hall–Kier alpha value is -0.960. The maximum atomic E-state index is 10.7. The molecule has 0 aliphatic heterocycles. The van der Waals surface area contributed by atoms with Crippen LogP contribution in [0.1, 0.15) is 27.9 Å². The monoisotopic (exact) mass is 195 g/mol. The second kappa shape index (κ2) is 3.07. The molecule has 0 spiro atoms. The van der Waals surface area contributed by atoms with Gasteiger partial charge in [-0.15, -0.1) is 0 Å². The van der Waals surface area contributed by atoms with Crippen LogP contribution in [0.5, 0.6) is 0 Å². The van der Waals surface area contributed by atoms with E-state index in [0.29, 0.717) is 5.56 Å². The largest absolute Gasteiger partial charge is 0.478 e. The smallest absolute Gasteiger partial charge is 0.335 e. The van der Waals surface area contributed by atoms with Crippen LogP contribution in [-0.2, 0) is 25.5 Å². The van der Waals surface area contributed by atoms with E-state index < -0.39 is 5.97 Å². The fraction of sp³-hybridized carbons (Fsp3) is 0.300. The number of rotatable bonds is 1. The number of fused-ring (bicyclic) bond motifs is 1. The number of hydrogen-bond acceptors (Lipinski definition) is 1. The lowest BCUT2D eigenvalue weighted by Gasteiger charge is -2.00. The fourth-order valence-corrected chi connectivity index (χ4v) is 2.27. The summed E-state index contributed by atoms with van der Waals surface area (Å²) in [6, 6.07) is 3.47. The maximum absolute atomic E-state index is 10.7. The van der Waals surface area contributed by atoms with Gasteiger partial charge in [-0.1, -0.05) is 0 Å². The van der Waals surface area contributed by atoms with Crippen molar-refractivity contribution in [2.75, 3.05) is 0 Å². The molecule has 13 heavy (non-hydrogen) atoms. The lowest BCUT2D eigenvalue weighted by Crippen LogP contribution is -1.99. The molecule has 0 fully saturated rings. The van der Waals surface area contributed by atoms with Crippen LogP contribution in [0.2, 0.25) is 0 Å². The van der Waals surface area contributed by atoms with Crippen molar-refractivity contribution < 1.29 is 9.90 Å². The van der Waals surface area contributed by atoms with Crippen LogP contribution in [0, 0.1) is 0 Å². The van der Waals surface area contributed by atoms with Gasteiger partial charge in [0.1, 0.15) is 0 Å². The van der Waals surface area contributed by atoms with Gasteiger partial charge in [-0.3, -0.25) is 0 Å². The van der Waals surface area contributed by atoms with E-state index in [-0.39, 0.29) is 0 Å². The van der Waals surface area contributed by atoms with Gasteiger partial charge in [-0.25, -0.2) is 4.79 Å².